The molecule has 1 N–H and O–H groups in total. The van der Waals surface area contributed by atoms with Crippen molar-refractivity contribution in [3.63, 3.8) is 0 Å². The van der Waals surface area contributed by atoms with E-state index in [4.69, 9.17) is 4.74 Å². The standard InChI is InChI=1S/C19H23NO3/c1-13-11-18(21)17(16-6-4-3-5-15(13)16)12-20-9-7-14(8-10-20)19(22)23-2/h3-6,11,14,21H,7-10,12H2,1-2H3. The number of likely N-dealkylation sites (tertiary alicyclic amines) is 1. The number of phenols is 1. The third-order valence-electron chi connectivity index (χ3n) is 4.84. The van der Waals surface area contributed by atoms with Crippen molar-refractivity contribution in [2.24, 2.45) is 5.92 Å². The number of aromatic hydroxyl groups is 1. The maximum atomic E-state index is 11.6. The Kier molecular flexibility index (Phi) is 4.53. The van der Waals surface area contributed by atoms with Crippen LogP contribution in [0.1, 0.15) is 24.0 Å². The Morgan fingerprint density at radius 2 is 1.91 bits per heavy atom. The number of phenolic OH excluding ortho intramolecular Hbond substituents is 1. The van der Waals surface area contributed by atoms with Crippen LogP contribution < -0.4 is 0 Å². The molecular weight excluding hydrogens is 290 g/mol. The van der Waals surface area contributed by atoms with Gasteiger partial charge in [-0.3, -0.25) is 9.69 Å². The summed E-state index contributed by atoms with van der Waals surface area (Å²) < 4.78 is 4.84. The Hall–Kier alpha value is -2.07. The summed E-state index contributed by atoms with van der Waals surface area (Å²) in [7, 11) is 1.45. The number of carbonyl (C=O) groups excluding carboxylic acids is 1. The molecular formula is C19H23NO3. The van der Waals surface area contributed by atoms with E-state index < -0.39 is 0 Å². The number of hydrogen-bond acceptors (Lipinski definition) is 4. The van der Waals surface area contributed by atoms with E-state index in [1.54, 1.807) is 0 Å². The number of carbonyl (C=O) groups is 1. The van der Waals surface area contributed by atoms with E-state index in [0.29, 0.717) is 12.3 Å². The molecule has 0 aromatic heterocycles. The van der Waals surface area contributed by atoms with Gasteiger partial charge >= 0.3 is 5.97 Å². The average Bonchev–Trinajstić information content (AvgIpc) is 2.58. The van der Waals surface area contributed by atoms with E-state index in [-0.39, 0.29) is 11.9 Å². The molecule has 122 valence electrons. The molecule has 2 aromatic carbocycles. The number of ether oxygens (including phenoxy) is 1. The monoisotopic (exact) mass is 313 g/mol. The predicted molar refractivity (Wildman–Crippen MR) is 90.4 cm³/mol. The predicted octanol–water partition coefficient (Wildman–Crippen LogP) is 3.24. The van der Waals surface area contributed by atoms with Crippen molar-refractivity contribution in [1.82, 2.24) is 4.90 Å². The molecule has 1 heterocycles. The van der Waals surface area contributed by atoms with Gasteiger partial charge in [-0.1, -0.05) is 24.3 Å². The first kappa shape index (κ1) is 15.8. The average molecular weight is 313 g/mol. The summed E-state index contributed by atoms with van der Waals surface area (Å²) in [5.41, 5.74) is 2.06. The van der Waals surface area contributed by atoms with Gasteiger partial charge in [0.15, 0.2) is 0 Å². The lowest BCUT2D eigenvalue weighted by atomic mass is 9.95. The van der Waals surface area contributed by atoms with Crippen molar-refractivity contribution in [3.8, 4) is 5.75 Å². The molecule has 0 unspecified atom stereocenters. The summed E-state index contributed by atoms with van der Waals surface area (Å²) in [5.74, 6) is 0.268. The Labute approximate surface area is 136 Å². The molecule has 4 nitrogen and oxygen atoms in total. The van der Waals surface area contributed by atoms with Crippen LogP contribution in [0.4, 0.5) is 0 Å². The van der Waals surface area contributed by atoms with Crippen LogP contribution in [0.3, 0.4) is 0 Å². The fourth-order valence-corrected chi connectivity index (χ4v) is 3.48. The van der Waals surface area contributed by atoms with E-state index in [1.165, 1.54) is 12.5 Å². The highest BCUT2D eigenvalue weighted by atomic mass is 16.5. The number of nitrogens with zero attached hydrogens (tertiary/aromatic N) is 1. The lowest BCUT2D eigenvalue weighted by molar-refractivity contribution is -0.147. The lowest BCUT2D eigenvalue weighted by Crippen LogP contribution is -2.36. The Morgan fingerprint density at radius 3 is 2.57 bits per heavy atom. The van der Waals surface area contributed by atoms with E-state index in [9.17, 15) is 9.90 Å². The minimum atomic E-state index is -0.103. The Morgan fingerprint density at radius 1 is 1.26 bits per heavy atom. The van der Waals surface area contributed by atoms with Gasteiger partial charge in [0, 0.05) is 12.1 Å². The summed E-state index contributed by atoms with van der Waals surface area (Å²) in [6.45, 7) is 4.43. The van der Waals surface area contributed by atoms with Gasteiger partial charge in [0.25, 0.3) is 0 Å². The number of piperidine rings is 1. The van der Waals surface area contributed by atoms with E-state index in [1.807, 2.05) is 25.1 Å². The first-order valence-electron chi connectivity index (χ1n) is 8.10. The molecule has 0 amide bonds. The minimum Gasteiger partial charge on any atom is -0.508 e. The number of rotatable bonds is 3. The molecule has 1 fully saturated rings. The Balaban J connectivity index is 1.79. The van der Waals surface area contributed by atoms with Crippen LogP contribution in [0.5, 0.6) is 5.75 Å². The van der Waals surface area contributed by atoms with Crippen LogP contribution in [-0.4, -0.2) is 36.2 Å². The largest absolute Gasteiger partial charge is 0.508 e. The van der Waals surface area contributed by atoms with Crippen molar-refractivity contribution in [3.05, 3.63) is 41.5 Å². The van der Waals surface area contributed by atoms with E-state index >= 15 is 0 Å². The molecule has 4 heteroatoms. The van der Waals surface area contributed by atoms with Crippen LogP contribution in [-0.2, 0) is 16.1 Å². The van der Waals surface area contributed by atoms with Crippen molar-refractivity contribution in [1.29, 1.82) is 0 Å². The second kappa shape index (κ2) is 6.59. The van der Waals surface area contributed by atoms with Gasteiger partial charge < -0.3 is 9.84 Å². The molecule has 0 aliphatic carbocycles. The maximum Gasteiger partial charge on any atom is 0.308 e. The first-order valence-corrected chi connectivity index (χ1v) is 8.10. The lowest BCUT2D eigenvalue weighted by Gasteiger charge is -2.31. The van der Waals surface area contributed by atoms with Crippen molar-refractivity contribution in [2.45, 2.75) is 26.3 Å². The zero-order chi connectivity index (χ0) is 16.4. The summed E-state index contributed by atoms with van der Waals surface area (Å²) in [6, 6.07) is 10.0. The molecule has 0 atom stereocenters. The van der Waals surface area contributed by atoms with Crippen molar-refractivity contribution >= 4 is 16.7 Å². The number of aryl methyl sites for hydroxylation is 1. The molecule has 1 aliphatic heterocycles. The molecule has 0 bridgehead atoms. The van der Waals surface area contributed by atoms with Crippen LogP contribution in [0.2, 0.25) is 0 Å². The molecule has 23 heavy (non-hydrogen) atoms. The molecule has 0 saturated carbocycles. The van der Waals surface area contributed by atoms with E-state index in [2.05, 4.69) is 17.0 Å². The van der Waals surface area contributed by atoms with Crippen molar-refractivity contribution < 1.29 is 14.6 Å². The third kappa shape index (κ3) is 3.17. The zero-order valence-corrected chi connectivity index (χ0v) is 13.7. The fraction of sp³-hybridized carbons (Fsp3) is 0.421. The topological polar surface area (TPSA) is 49.8 Å². The first-order chi connectivity index (χ1) is 11.1. The molecule has 0 spiro atoms. The van der Waals surface area contributed by atoms with Gasteiger partial charge in [0.1, 0.15) is 5.75 Å². The zero-order valence-electron chi connectivity index (χ0n) is 13.7. The SMILES string of the molecule is COC(=O)C1CCN(Cc2c(O)cc(C)c3ccccc23)CC1. The second-order valence-corrected chi connectivity index (χ2v) is 6.31. The van der Waals surface area contributed by atoms with Crippen LogP contribution in [0.25, 0.3) is 10.8 Å². The molecule has 1 aliphatic rings. The summed E-state index contributed by atoms with van der Waals surface area (Å²) in [6.07, 6.45) is 1.63. The number of methoxy groups -OCH3 is 1. The highest BCUT2D eigenvalue weighted by Crippen LogP contribution is 2.32. The quantitative estimate of drug-likeness (QED) is 0.884. The summed E-state index contributed by atoms with van der Waals surface area (Å²) in [5, 5.41) is 12.7. The minimum absolute atomic E-state index is 0.0135. The number of esters is 1. The number of benzene rings is 2. The van der Waals surface area contributed by atoms with Crippen LogP contribution in [0, 0.1) is 12.8 Å². The molecule has 2 aromatic rings. The Bertz CT molecular complexity index is 718. The summed E-state index contributed by atoms with van der Waals surface area (Å²) >= 11 is 0. The van der Waals surface area contributed by atoms with Gasteiger partial charge in [-0.15, -0.1) is 0 Å². The number of fused-ring (bicyclic) bond motifs is 1. The highest BCUT2D eigenvalue weighted by molar-refractivity contribution is 5.90. The normalized spacial score (nSPS) is 16.6. The van der Waals surface area contributed by atoms with Crippen LogP contribution >= 0.6 is 0 Å². The second-order valence-electron chi connectivity index (χ2n) is 6.31. The number of hydrogen-bond donors (Lipinski definition) is 1. The smallest absolute Gasteiger partial charge is 0.308 e. The van der Waals surface area contributed by atoms with Crippen LogP contribution in [0.15, 0.2) is 30.3 Å². The maximum absolute atomic E-state index is 11.6. The summed E-state index contributed by atoms with van der Waals surface area (Å²) in [4.78, 5) is 13.9. The third-order valence-corrected chi connectivity index (χ3v) is 4.84. The van der Waals surface area contributed by atoms with E-state index in [0.717, 1.165) is 42.4 Å². The molecule has 0 radical (unpaired) electrons. The van der Waals surface area contributed by atoms with Gasteiger partial charge in [-0.25, -0.2) is 0 Å². The van der Waals surface area contributed by atoms with Gasteiger partial charge in [-0.2, -0.15) is 0 Å². The highest BCUT2D eigenvalue weighted by Gasteiger charge is 2.26. The van der Waals surface area contributed by atoms with Gasteiger partial charge in [-0.05, 0) is 55.3 Å². The fourth-order valence-electron chi connectivity index (χ4n) is 3.48. The van der Waals surface area contributed by atoms with Gasteiger partial charge in [0.05, 0.1) is 13.0 Å². The molecule has 1 saturated heterocycles. The van der Waals surface area contributed by atoms with Crippen molar-refractivity contribution in [2.75, 3.05) is 20.2 Å². The van der Waals surface area contributed by atoms with Gasteiger partial charge in [0.2, 0.25) is 0 Å². The molecule has 3 rings (SSSR count).